The number of sulfone groups is 1. The Hall–Kier alpha value is -1.23. The van der Waals surface area contributed by atoms with Crippen LogP contribution in [-0.4, -0.2) is 47.5 Å². The second-order valence-electron chi connectivity index (χ2n) is 5.18. The second kappa shape index (κ2) is 7.34. The lowest BCUT2D eigenvalue weighted by molar-refractivity contribution is -0.144. The molecule has 0 aliphatic carbocycles. The predicted molar refractivity (Wildman–Crippen MR) is 96.1 cm³/mol. The number of para-hydroxylation sites is 1. The molecule has 0 unspecified atom stereocenters. The molecule has 1 aromatic carbocycles. The Kier molecular flexibility index (Phi) is 5.38. The molecule has 2 aromatic rings. The summed E-state index contributed by atoms with van der Waals surface area (Å²) in [7, 11) is -3.05. The summed E-state index contributed by atoms with van der Waals surface area (Å²) in [4.78, 5) is 11.9. The Labute approximate surface area is 152 Å². The average molecular weight is 403 g/mol. The first kappa shape index (κ1) is 17.6. The fraction of sp³-hybridized carbons (Fsp3) is 0.357. The highest BCUT2D eigenvalue weighted by Crippen LogP contribution is 2.24. The zero-order chi connectivity index (χ0) is 17.2. The Balaban J connectivity index is 1.57. The van der Waals surface area contributed by atoms with Gasteiger partial charge < -0.3 is 4.74 Å². The van der Waals surface area contributed by atoms with Crippen LogP contribution in [0.4, 0.5) is 0 Å². The van der Waals surface area contributed by atoms with Crippen molar-refractivity contribution in [2.75, 3.05) is 17.3 Å². The van der Waals surface area contributed by atoms with E-state index < -0.39 is 21.9 Å². The van der Waals surface area contributed by atoms with Crippen molar-refractivity contribution in [1.29, 1.82) is 0 Å². The molecule has 128 valence electrons. The molecule has 1 aliphatic rings. The van der Waals surface area contributed by atoms with Crippen LogP contribution in [0, 0.1) is 3.95 Å². The summed E-state index contributed by atoms with van der Waals surface area (Å²) in [5, 5.41) is 4.40. The summed E-state index contributed by atoms with van der Waals surface area (Å²) in [6, 6.07) is 9.51. The maximum Gasteiger partial charge on any atom is 0.316 e. The molecule has 1 aliphatic heterocycles. The molecule has 6 nitrogen and oxygen atoms in total. The Morgan fingerprint density at radius 1 is 1.42 bits per heavy atom. The van der Waals surface area contributed by atoms with Crippen LogP contribution in [0.2, 0.25) is 0 Å². The second-order valence-corrected chi connectivity index (χ2v) is 10.3. The van der Waals surface area contributed by atoms with Crippen molar-refractivity contribution in [3.05, 3.63) is 34.3 Å². The van der Waals surface area contributed by atoms with E-state index in [0.29, 0.717) is 14.7 Å². The summed E-state index contributed by atoms with van der Waals surface area (Å²) in [5.41, 5.74) is 0.865. The number of carbonyl (C=O) groups is 1. The van der Waals surface area contributed by atoms with E-state index >= 15 is 0 Å². The Bertz CT molecular complexity index is 889. The zero-order valence-corrected chi connectivity index (χ0v) is 15.7. The van der Waals surface area contributed by atoms with Gasteiger partial charge in [-0.15, -0.1) is 5.10 Å². The molecule has 1 fully saturated rings. The zero-order valence-electron chi connectivity index (χ0n) is 12.5. The highest BCUT2D eigenvalue weighted by Gasteiger charge is 2.30. The summed E-state index contributed by atoms with van der Waals surface area (Å²) in [6.07, 6.45) is -0.150. The van der Waals surface area contributed by atoms with Crippen LogP contribution in [-0.2, 0) is 19.4 Å². The van der Waals surface area contributed by atoms with E-state index in [1.807, 2.05) is 30.3 Å². The van der Waals surface area contributed by atoms with Crippen molar-refractivity contribution in [2.45, 2.75) is 16.9 Å². The van der Waals surface area contributed by atoms with Gasteiger partial charge in [0.1, 0.15) is 6.10 Å². The van der Waals surface area contributed by atoms with Crippen molar-refractivity contribution >= 4 is 51.1 Å². The van der Waals surface area contributed by atoms with Gasteiger partial charge >= 0.3 is 5.97 Å². The first-order valence-electron chi connectivity index (χ1n) is 7.11. The minimum absolute atomic E-state index is 0.0770. The third-order valence-corrected chi connectivity index (χ3v) is 7.41. The van der Waals surface area contributed by atoms with Crippen LogP contribution in [0.3, 0.4) is 0 Å². The van der Waals surface area contributed by atoms with Crippen molar-refractivity contribution in [3.63, 3.8) is 0 Å². The van der Waals surface area contributed by atoms with Crippen molar-refractivity contribution in [2.24, 2.45) is 0 Å². The van der Waals surface area contributed by atoms with E-state index in [1.165, 1.54) is 23.1 Å². The lowest BCUT2D eigenvalue weighted by atomic mass is 10.3. The number of nitrogens with zero attached hydrogens (tertiary/aromatic N) is 2. The van der Waals surface area contributed by atoms with Gasteiger partial charge in [0, 0.05) is 0 Å². The molecule has 0 bridgehead atoms. The molecule has 24 heavy (non-hydrogen) atoms. The van der Waals surface area contributed by atoms with Crippen molar-refractivity contribution in [1.82, 2.24) is 9.78 Å². The van der Waals surface area contributed by atoms with Gasteiger partial charge in [-0.25, -0.2) is 13.1 Å². The lowest BCUT2D eigenvalue weighted by Gasteiger charge is -2.09. The number of rotatable bonds is 5. The molecular weight excluding hydrogens is 388 g/mol. The quantitative estimate of drug-likeness (QED) is 0.432. The average Bonchev–Trinajstić information content (AvgIpc) is 3.08. The first-order valence-corrected chi connectivity index (χ1v) is 11.1. The van der Waals surface area contributed by atoms with Crippen molar-refractivity contribution < 1.29 is 17.9 Å². The van der Waals surface area contributed by atoms with Gasteiger partial charge in [-0.05, 0) is 30.8 Å². The first-order chi connectivity index (χ1) is 11.4. The number of benzene rings is 1. The molecule has 0 saturated carbocycles. The molecule has 0 N–H and O–H groups in total. The van der Waals surface area contributed by atoms with Gasteiger partial charge in [-0.2, -0.15) is 0 Å². The molecule has 0 spiro atoms. The molecule has 0 amide bonds. The third kappa shape index (κ3) is 4.44. The summed E-state index contributed by atoms with van der Waals surface area (Å²) in [5.74, 6) is -0.353. The van der Waals surface area contributed by atoms with Crippen LogP contribution in [0.5, 0.6) is 0 Å². The van der Waals surface area contributed by atoms with Crippen LogP contribution in [0.25, 0.3) is 5.69 Å². The van der Waals surface area contributed by atoms with Gasteiger partial charge in [-0.3, -0.25) is 4.79 Å². The summed E-state index contributed by atoms with van der Waals surface area (Å²) >= 11 is 7.86. The third-order valence-electron chi connectivity index (χ3n) is 3.33. The van der Waals surface area contributed by atoms with Gasteiger partial charge in [-0.1, -0.05) is 41.3 Å². The number of esters is 1. The van der Waals surface area contributed by atoms with Crippen molar-refractivity contribution in [3.8, 4) is 5.69 Å². The smallest absolute Gasteiger partial charge is 0.316 e. The molecule has 2 heterocycles. The van der Waals surface area contributed by atoms with E-state index in [-0.39, 0.29) is 17.3 Å². The Morgan fingerprint density at radius 3 is 2.83 bits per heavy atom. The van der Waals surface area contributed by atoms with Crippen LogP contribution in [0.15, 0.2) is 34.7 Å². The van der Waals surface area contributed by atoms with E-state index in [0.717, 1.165) is 5.69 Å². The number of carbonyl (C=O) groups excluding carboxylic acids is 1. The number of ether oxygens (including phenoxy) is 1. The number of aromatic nitrogens is 2. The lowest BCUT2D eigenvalue weighted by Crippen LogP contribution is -2.20. The minimum Gasteiger partial charge on any atom is -0.461 e. The highest BCUT2D eigenvalue weighted by atomic mass is 32.2. The molecule has 1 aromatic heterocycles. The van der Waals surface area contributed by atoms with Crippen LogP contribution < -0.4 is 0 Å². The van der Waals surface area contributed by atoms with E-state index in [1.54, 1.807) is 4.68 Å². The van der Waals surface area contributed by atoms with Gasteiger partial charge in [0.15, 0.2) is 18.1 Å². The fourth-order valence-electron chi connectivity index (χ4n) is 2.25. The molecule has 0 radical (unpaired) electrons. The Morgan fingerprint density at radius 2 is 2.17 bits per heavy atom. The van der Waals surface area contributed by atoms with E-state index in [4.69, 9.17) is 17.0 Å². The summed E-state index contributed by atoms with van der Waals surface area (Å²) in [6.45, 7) is 0. The largest absolute Gasteiger partial charge is 0.461 e. The van der Waals surface area contributed by atoms with Crippen LogP contribution in [0.1, 0.15) is 6.42 Å². The molecule has 3 rings (SSSR count). The standard InChI is InChI=1S/C14H14N2O4S4/c17-12(20-11-6-7-24(18,19)9-11)8-22-13-15-16(14(21)23-13)10-4-2-1-3-5-10/h1-5,11H,6-9H2/t11-/m0/s1. The number of hydrogen-bond acceptors (Lipinski definition) is 8. The van der Waals surface area contributed by atoms with E-state index in [9.17, 15) is 13.2 Å². The van der Waals surface area contributed by atoms with Gasteiger partial charge in [0.25, 0.3) is 0 Å². The topological polar surface area (TPSA) is 78.3 Å². The molecular formula is C14H14N2O4S4. The monoisotopic (exact) mass is 402 g/mol. The van der Waals surface area contributed by atoms with Crippen LogP contribution >= 0.6 is 35.3 Å². The summed E-state index contributed by atoms with van der Waals surface area (Å²) < 4.78 is 30.8. The minimum atomic E-state index is -3.05. The number of thioether (sulfide) groups is 1. The normalized spacial score (nSPS) is 19.2. The fourth-order valence-corrected chi connectivity index (χ4v) is 5.98. The van der Waals surface area contributed by atoms with Gasteiger partial charge in [0.2, 0.25) is 0 Å². The molecule has 1 atom stereocenters. The maximum atomic E-state index is 11.9. The molecule has 10 heteroatoms. The van der Waals surface area contributed by atoms with E-state index in [2.05, 4.69) is 5.10 Å². The van der Waals surface area contributed by atoms with Gasteiger partial charge in [0.05, 0.1) is 22.9 Å². The molecule has 1 saturated heterocycles. The predicted octanol–water partition coefficient (Wildman–Crippen LogP) is 2.49. The maximum absolute atomic E-state index is 11.9. The SMILES string of the molecule is O=C(CSc1nn(-c2ccccc2)c(=S)s1)O[C@H]1CCS(=O)(=O)C1. The number of hydrogen-bond donors (Lipinski definition) is 0. The highest BCUT2D eigenvalue weighted by molar-refractivity contribution is 8.01.